The SMILES string of the molecule is CCCOS(=O)(=O)CS(C)(=O)=O. The standard InChI is InChI=1S/C5H12O5S2/c1-3-4-10-12(8,9)5-11(2,6)7/h3-5H2,1-2H3. The summed E-state index contributed by atoms with van der Waals surface area (Å²) in [5.74, 6) is 0. The maximum atomic E-state index is 10.8. The van der Waals surface area contributed by atoms with Crippen LogP contribution in [0.5, 0.6) is 0 Å². The second-order valence-corrected chi connectivity index (χ2v) is 6.57. The number of hydrogen-bond donors (Lipinski definition) is 0. The van der Waals surface area contributed by atoms with Crippen LogP contribution in [-0.2, 0) is 24.1 Å². The Kier molecular flexibility index (Phi) is 4.15. The number of sulfone groups is 1. The highest BCUT2D eigenvalue weighted by Crippen LogP contribution is 1.98. The largest absolute Gasteiger partial charge is 0.281 e. The third kappa shape index (κ3) is 6.56. The van der Waals surface area contributed by atoms with E-state index in [9.17, 15) is 16.8 Å². The predicted octanol–water partition coefficient (Wildman–Crippen LogP) is -0.255. The first-order chi connectivity index (χ1) is 5.27. The van der Waals surface area contributed by atoms with Crippen LogP contribution in [0.1, 0.15) is 13.3 Å². The van der Waals surface area contributed by atoms with E-state index < -0.39 is 25.0 Å². The van der Waals surface area contributed by atoms with Crippen molar-refractivity contribution in [1.29, 1.82) is 0 Å². The molecule has 0 aromatic heterocycles. The van der Waals surface area contributed by atoms with Crippen molar-refractivity contribution in [2.45, 2.75) is 13.3 Å². The third-order valence-corrected chi connectivity index (χ3v) is 4.22. The molecule has 0 N–H and O–H groups in total. The van der Waals surface area contributed by atoms with E-state index in [4.69, 9.17) is 0 Å². The Morgan fingerprint density at radius 1 is 1.17 bits per heavy atom. The minimum absolute atomic E-state index is 0.0256. The maximum Gasteiger partial charge on any atom is 0.281 e. The van der Waals surface area contributed by atoms with Crippen molar-refractivity contribution in [3.8, 4) is 0 Å². The van der Waals surface area contributed by atoms with E-state index >= 15 is 0 Å². The Labute approximate surface area is 72.8 Å². The lowest BCUT2D eigenvalue weighted by molar-refractivity contribution is 0.320. The van der Waals surface area contributed by atoms with Crippen LogP contribution < -0.4 is 0 Å². The third-order valence-electron chi connectivity index (χ3n) is 0.825. The minimum atomic E-state index is -3.89. The molecule has 74 valence electrons. The summed E-state index contributed by atoms with van der Waals surface area (Å²) in [6.07, 6.45) is 1.38. The molecule has 0 saturated heterocycles. The Hall–Kier alpha value is -0.140. The molecule has 5 nitrogen and oxygen atoms in total. The Bertz CT molecular complexity index is 312. The zero-order chi connectivity index (χ0) is 9.83. The highest BCUT2D eigenvalue weighted by Gasteiger charge is 2.18. The average Bonchev–Trinajstić information content (AvgIpc) is 1.78. The van der Waals surface area contributed by atoms with Crippen LogP contribution in [0.2, 0.25) is 0 Å². The summed E-state index contributed by atoms with van der Waals surface area (Å²) in [6.45, 7) is 1.76. The van der Waals surface area contributed by atoms with Crippen molar-refractivity contribution in [1.82, 2.24) is 0 Å². The number of rotatable bonds is 5. The fourth-order valence-corrected chi connectivity index (χ4v) is 3.30. The Balaban J connectivity index is 4.26. The second kappa shape index (κ2) is 4.20. The lowest BCUT2D eigenvalue weighted by Gasteiger charge is -2.01. The van der Waals surface area contributed by atoms with Crippen LogP contribution in [0.3, 0.4) is 0 Å². The van der Waals surface area contributed by atoms with Gasteiger partial charge in [-0.2, -0.15) is 8.42 Å². The molecule has 7 heteroatoms. The van der Waals surface area contributed by atoms with Crippen molar-refractivity contribution < 1.29 is 21.0 Å². The molecular weight excluding hydrogens is 204 g/mol. The van der Waals surface area contributed by atoms with Gasteiger partial charge >= 0.3 is 0 Å². The van der Waals surface area contributed by atoms with Crippen LogP contribution in [-0.4, -0.2) is 34.8 Å². The zero-order valence-corrected chi connectivity index (χ0v) is 8.61. The summed E-state index contributed by atoms with van der Waals surface area (Å²) < 4.78 is 47.1. The highest BCUT2D eigenvalue weighted by molar-refractivity contribution is 8.05. The molecular formula is C5H12O5S2. The smallest absolute Gasteiger partial charge is 0.269 e. The monoisotopic (exact) mass is 216 g/mol. The first-order valence-electron chi connectivity index (χ1n) is 3.31. The van der Waals surface area contributed by atoms with Crippen molar-refractivity contribution in [2.24, 2.45) is 0 Å². The fourth-order valence-electron chi connectivity index (χ4n) is 0.507. The van der Waals surface area contributed by atoms with Crippen LogP contribution in [0.25, 0.3) is 0 Å². The van der Waals surface area contributed by atoms with E-state index in [0.717, 1.165) is 6.26 Å². The molecule has 0 rings (SSSR count). The fraction of sp³-hybridized carbons (Fsp3) is 1.00. The second-order valence-electron chi connectivity index (χ2n) is 2.42. The van der Waals surface area contributed by atoms with Crippen LogP contribution in [0, 0.1) is 0 Å². The van der Waals surface area contributed by atoms with Gasteiger partial charge < -0.3 is 0 Å². The summed E-state index contributed by atoms with van der Waals surface area (Å²) in [5.41, 5.74) is 0. The molecule has 0 aliphatic rings. The highest BCUT2D eigenvalue weighted by atomic mass is 32.3. The molecule has 0 atom stereocenters. The van der Waals surface area contributed by atoms with Crippen molar-refractivity contribution in [3.63, 3.8) is 0 Å². The van der Waals surface area contributed by atoms with Gasteiger partial charge in [0.2, 0.25) is 0 Å². The molecule has 12 heavy (non-hydrogen) atoms. The summed E-state index contributed by atoms with van der Waals surface area (Å²) in [6, 6.07) is 0. The van der Waals surface area contributed by atoms with Gasteiger partial charge in [-0.05, 0) is 6.42 Å². The van der Waals surface area contributed by atoms with Gasteiger partial charge in [0.25, 0.3) is 10.1 Å². The van der Waals surface area contributed by atoms with E-state index in [1.165, 1.54) is 0 Å². The molecule has 0 bridgehead atoms. The lowest BCUT2D eigenvalue weighted by atomic mass is 10.5. The summed E-state index contributed by atoms with van der Waals surface area (Å²) in [5, 5.41) is -0.944. The van der Waals surface area contributed by atoms with Gasteiger partial charge in [0.05, 0.1) is 6.61 Å². The van der Waals surface area contributed by atoms with Gasteiger partial charge in [0.1, 0.15) is 0 Å². The molecule has 0 fully saturated rings. The number of hydrogen-bond acceptors (Lipinski definition) is 5. The molecule has 0 aromatic carbocycles. The van der Waals surface area contributed by atoms with Gasteiger partial charge in [-0.15, -0.1) is 0 Å². The molecule has 0 radical (unpaired) electrons. The average molecular weight is 216 g/mol. The molecule has 0 saturated carbocycles. The zero-order valence-electron chi connectivity index (χ0n) is 6.98. The summed E-state index contributed by atoms with van der Waals surface area (Å²) in [7, 11) is -7.41. The Morgan fingerprint density at radius 3 is 2.00 bits per heavy atom. The van der Waals surface area contributed by atoms with E-state index in [2.05, 4.69) is 4.18 Å². The van der Waals surface area contributed by atoms with E-state index in [1.807, 2.05) is 0 Å². The Morgan fingerprint density at radius 2 is 1.67 bits per heavy atom. The van der Waals surface area contributed by atoms with Crippen LogP contribution in [0.15, 0.2) is 0 Å². The topological polar surface area (TPSA) is 77.5 Å². The maximum absolute atomic E-state index is 10.8. The van der Waals surface area contributed by atoms with E-state index in [0.29, 0.717) is 6.42 Å². The normalized spacial score (nSPS) is 13.2. The molecule has 0 aliphatic heterocycles. The minimum Gasteiger partial charge on any atom is -0.269 e. The first-order valence-corrected chi connectivity index (χ1v) is 6.95. The van der Waals surface area contributed by atoms with Crippen LogP contribution in [0.4, 0.5) is 0 Å². The first kappa shape index (κ1) is 11.9. The predicted molar refractivity (Wildman–Crippen MR) is 44.9 cm³/mol. The van der Waals surface area contributed by atoms with E-state index in [1.54, 1.807) is 6.92 Å². The van der Waals surface area contributed by atoms with Gasteiger partial charge in [-0.25, -0.2) is 8.42 Å². The molecule has 0 spiro atoms. The molecule has 0 unspecified atom stereocenters. The van der Waals surface area contributed by atoms with Crippen molar-refractivity contribution in [2.75, 3.05) is 17.9 Å². The molecule has 0 amide bonds. The van der Waals surface area contributed by atoms with E-state index in [-0.39, 0.29) is 6.61 Å². The van der Waals surface area contributed by atoms with Gasteiger partial charge in [-0.3, -0.25) is 4.18 Å². The van der Waals surface area contributed by atoms with Crippen LogP contribution >= 0.6 is 0 Å². The summed E-state index contributed by atoms with van der Waals surface area (Å²) in [4.78, 5) is 0. The summed E-state index contributed by atoms with van der Waals surface area (Å²) >= 11 is 0. The molecule has 0 heterocycles. The van der Waals surface area contributed by atoms with Crippen molar-refractivity contribution in [3.05, 3.63) is 0 Å². The van der Waals surface area contributed by atoms with Gasteiger partial charge in [0.15, 0.2) is 14.9 Å². The molecule has 0 aliphatic carbocycles. The van der Waals surface area contributed by atoms with Gasteiger partial charge in [0, 0.05) is 6.26 Å². The van der Waals surface area contributed by atoms with Gasteiger partial charge in [-0.1, -0.05) is 6.92 Å². The lowest BCUT2D eigenvalue weighted by Crippen LogP contribution is -2.17. The quantitative estimate of drug-likeness (QED) is 0.592. The van der Waals surface area contributed by atoms with Crippen molar-refractivity contribution >= 4 is 20.0 Å². The molecule has 0 aromatic rings.